The largest absolute Gasteiger partial charge is 0.378 e. The molecule has 5 rings (SSSR count). The number of aromatic nitrogens is 4. The summed E-state index contributed by atoms with van der Waals surface area (Å²) in [6.45, 7) is 2.82. The Kier molecular flexibility index (Phi) is 3.89. The van der Waals surface area contributed by atoms with Crippen molar-refractivity contribution in [2.75, 3.05) is 26.3 Å². The summed E-state index contributed by atoms with van der Waals surface area (Å²) in [5.74, 6) is 0.479. The molecule has 1 aliphatic heterocycles. The van der Waals surface area contributed by atoms with Crippen molar-refractivity contribution in [3.8, 4) is 0 Å². The molecule has 0 unspecified atom stereocenters. The predicted octanol–water partition coefficient (Wildman–Crippen LogP) is 2.50. The third-order valence-electron chi connectivity index (χ3n) is 5.88. The second kappa shape index (κ2) is 6.39. The van der Waals surface area contributed by atoms with Gasteiger partial charge in [-0.05, 0) is 31.7 Å². The Morgan fingerprint density at radius 2 is 1.96 bits per heavy atom. The van der Waals surface area contributed by atoms with Gasteiger partial charge in [0.15, 0.2) is 0 Å². The van der Waals surface area contributed by atoms with Gasteiger partial charge in [0.1, 0.15) is 11.2 Å². The van der Waals surface area contributed by atoms with Crippen LogP contribution in [0.1, 0.15) is 31.7 Å². The number of carbonyl (C=O) groups is 1. The van der Waals surface area contributed by atoms with Crippen LogP contribution < -0.4 is 0 Å². The first-order valence-corrected chi connectivity index (χ1v) is 9.46. The van der Waals surface area contributed by atoms with Gasteiger partial charge in [0, 0.05) is 36.6 Å². The molecule has 0 aromatic carbocycles. The molecular weight excluding hydrogens is 330 g/mol. The van der Waals surface area contributed by atoms with Crippen molar-refractivity contribution in [1.82, 2.24) is 24.4 Å². The highest BCUT2D eigenvalue weighted by atomic mass is 16.5. The van der Waals surface area contributed by atoms with E-state index in [-0.39, 0.29) is 5.92 Å². The van der Waals surface area contributed by atoms with Crippen LogP contribution in [0, 0.1) is 5.92 Å². The summed E-state index contributed by atoms with van der Waals surface area (Å²) in [6.07, 6.45) is 9.61. The summed E-state index contributed by atoms with van der Waals surface area (Å²) in [5, 5.41) is 1.12. The Labute approximate surface area is 151 Å². The van der Waals surface area contributed by atoms with Crippen LogP contribution >= 0.6 is 0 Å². The lowest BCUT2D eigenvalue weighted by molar-refractivity contribution is -0.140. The molecule has 7 nitrogen and oxygen atoms in total. The van der Waals surface area contributed by atoms with Crippen molar-refractivity contribution in [2.45, 2.75) is 31.7 Å². The second-order valence-electron chi connectivity index (χ2n) is 7.33. The lowest BCUT2D eigenvalue weighted by Gasteiger charge is -2.34. The molecule has 0 spiro atoms. The standard InChI is InChI=1S/C19H23N5O2/c25-19(23-7-9-26-10-8-23)13-1-3-14(4-2-13)24-12-22-16-11-21-18-15(17(16)24)5-6-20-18/h5-6,11-14H,1-4,7-10H2,(H,20,21)/t13-,14-. The van der Waals surface area contributed by atoms with E-state index in [4.69, 9.17) is 4.74 Å². The van der Waals surface area contributed by atoms with Gasteiger partial charge in [0.2, 0.25) is 5.91 Å². The maximum Gasteiger partial charge on any atom is 0.225 e. The summed E-state index contributed by atoms with van der Waals surface area (Å²) in [5.41, 5.74) is 2.98. The van der Waals surface area contributed by atoms with E-state index in [1.54, 1.807) is 0 Å². The molecule has 4 heterocycles. The van der Waals surface area contributed by atoms with Crippen LogP contribution in [-0.2, 0) is 9.53 Å². The summed E-state index contributed by atoms with van der Waals surface area (Å²) < 4.78 is 7.66. The van der Waals surface area contributed by atoms with Crippen LogP contribution in [0.2, 0.25) is 0 Å². The van der Waals surface area contributed by atoms with Gasteiger partial charge in [-0.15, -0.1) is 0 Å². The van der Waals surface area contributed by atoms with Crippen molar-refractivity contribution in [3.63, 3.8) is 0 Å². The fourth-order valence-electron chi connectivity index (χ4n) is 4.45. The fourth-order valence-corrected chi connectivity index (χ4v) is 4.45. The molecule has 3 aromatic heterocycles. The molecule has 0 radical (unpaired) electrons. The van der Waals surface area contributed by atoms with Gasteiger partial charge < -0.3 is 19.2 Å². The number of amides is 1. The lowest BCUT2D eigenvalue weighted by atomic mass is 9.85. The smallest absolute Gasteiger partial charge is 0.225 e. The normalized spacial score (nSPS) is 24.4. The minimum Gasteiger partial charge on any atom is -0.378 e. The summed E-state index contributed by atoms with van der Waals surface area (Å²) in [6, 6.07) is 2.46. The monoisotopic (exact) mass is 353 g/mol. The first-order chi connectivity index (χ1) is 12.8. The highest BCUT2D eigenvalue weighted by molar-refractivity contribution is 6.00. The number of rotatable bonds is 2. The summed E-state index contributed by atoms with van der Waals surface area (Å²) >= 11 is 0. The maximum atomic E-state index is 12.7. The van der Waals surface area contributed by atoms with Gasteiger partial charge >= 0.3 is 0 Å². The molecule has 1 aliphatic carbocycles. The van der Waals surface area contributed by atoms with E-state index in [0.717, 1.165) is 60.8 Å². The van der Waals surface area contributed by atoms with Crippen molar-refractivity contribution >= 4 is 28.0 Å². The fraction of sp³-hybridized carbons (Fsp3) is 0.526. The number of fused-ring (bicyclic) bond motifs is 3. The Balaban J connectivity index is 1.35. The number of ether oxygens (including phenoxy) is 1. The number of nitrogens with one attached hydrogen (secondary N) is 1. The van der Waals surface area contributed by atoms with Gasteiger partial charge in [0.05, 0.1) is 31.3 Å². The molecule has 26 heavy (non-hydrogen) atoms. The minimum atomic E-state index is 0.160. The highest BCUT2D eigenvalue weighted by Gasteiger charge is 2.31. The van der Waals surface area contributed by atoms with Crippen LogP contribution in [0.3, 0.4) is 0 Å². The van der Waals surface area contributed by atoms with E-state index in [0.29, 0.717) is 25.2 Å². The van der Waals surface area contributed by atoms with Gasteiger partial charge in [-0.1, -0.05) is 0 Å². The number of morpholine rings is 1. The number of pyridine rings is 1. The zero-order valence-corrected chi connectivity index (χ0v) is 14.7. The van der Waals surface area contributed by atoms with Gasteiger partial charge in [0.25, 0.3) is 0 Å². The number of imidazole rings is 1. The molecule has 1 N–H and O–H groups in total. The van der Waals surface area contributed by atoms with Gasteiger partial charge in [-0.3, -0.25) is 4.79 Å². The molecule has 2 aliphatic rings. The third-order valence-corrected chi connectivity index (χ3v) is 5.88. The van der Waals surface area contributed by atoms with E-state index >= 15 is 0 Å². The van der Waals surface area contributed by atoms with Crippen molar-refractivity contribution < 1.29 is 9.53 Å². The third kappa shape index (κ3) is 2.58. The average Bonchev–Trinajstić information content (AvgIpc) is 3.34. The van der Waals surface area contributed by atoms with Crippen LogP contribution in [0.4, 0.5) is 0 Å². The summed E-state index contributed by atoms with van der Waals surface area (Å²) in [7, 11) is 0. The number of nitrogens with zero attached hydrogens (tertiary/aromatic N) is 4. The lowest BCUT2D eigenvalue weighted by Crippen LogP contribution is -2.44. The number of hydrogen-bond acceptors (Lipinski definition) is 4. The van der Waals surface area contributed by atoms with E-state index in [9.17, 15) is 4.79 Å². The number of aromatic amines is 1. The van der Waals surface area contributed by atoms with Crippen molar-refractivity contribution in [3.05, 3.63) is 24.8 Å². The number of H-pyrrole nitrogens is 1. The topological polar surface area (TPSA) is 76.0 Å². The zero-order valence-electron chi connectivity index (χ0n) is 14.7. The molecule has 1 amide bonds. The first kappa shape index (κ1) is 15.8. The molecule has 0 atom stereocenters. The number of hydrogen-bond donors (Lipinski definition) is 1. The van der Waals surface area contributed by atoms with E-state index in [1.165, 1.54) is 0 Å². The van der Waals surface area contributed by atoms with Gasteiger partial charge in [-0.25, -0.2) is 9.97 Å². The Morgan fingerprint density at radius 3 is 2.77 bits per heavy atom. The van der Waals surface area contributed by atoms with E-state index < -0.39 is 0 Å². The molecule has 136 valence electrons. The zero-order chi connectivity index (χ0) is 17.5. The Bertz CT molecular complexity index is 932. The van der Waals surface area contributed by atoms with Crippen molar-refractivity contribution in [2.24, 2.45) is 5.92 Å². The summed E-state index contributed by atoms with van der Waals surface area (Å²) in [4.78, 5) is 26.9. The molecule has 3 aromatic rings. The van der Waals surface area contributed by atoms with Crippen LogP contribution in [0.15, 0.2) is 24.8 Å². The van der Waals surface area contributed by atoms with Crippen LogP contribution in [0.25, 0.3) is 22.1 Å². The Hall–Kier alpha value is -2.41. The molecule has 2 fully saturated rings. The minimum absolute atomic E-state index is 0.160. The average molecular weight is 353 g/mol. The highest BCUT2D eigenvalue weighted by Crippen LogP contribution is 2.36. The number of carbonyl (C=O) groups excluding carboxylic acids is 1. The van der Waals surface area contributed by atoms with Crippen molar-refractivity contribution in [1.29, 1.82) is 0 Å². The second-order valence-corrected chi connectivity index (χ2v) is 7.33. The SMILES string of the molecule is O=C([C@H]1CC[C@H](n2cnc3cnc4[nH]ccc4c32)CC1)N1CCOCC1. The van der Waals surface area contributed by atoms with Crippen LogP contribution in [0.5, 0.6) is 0 Å². The molecular formula is C19H23N5O2. The van der Waals surface area contributed by atoms with Gasteiger partial charge in [-0.2, -0.15) is 0 Å². The quantitative estimate of drug-likeness (QED) is 0.768. The van der Waals surface area contributed by atoms with Crippen LogP contribution in [-0.4, -0.2) is 56.6 Å². The first-order valence-electron chi connectivity index (χ1n) is 9.46. The Morgan fingerprint density at radius 1 is 1.15 bits per heavy atom. The molecule has 0 bridgehead atoms. The van der Waals surface area contributed by atoms with E-state index in [1.807, 2.05) is 23.6 Å². The molecule has 1 saturated carbocycles. The van der Waals surface area contributed by atoms with E-state index in [2.05, 4.69) is 25.6 Å². The molecule has 7 heteroatoms. The molecule has 1 saturated heterocycles. The maximum absolute atomic E-state index is 12.7. The predicted molar refractivity (Wildman–Crippen MR) is 97.8 cm³/mol.